The fraction of sp³-hybridized carbons (Fsp3) is 0.562. The standard InChI is InChI=1S/C16H19BrClNO4/c1-11(23-14-3-2-12(17)10-13(14)18)15(20)19-6-4-16(5-7-19)21-8-9-22-16/h2-3,10-11H,4-9H2,1H3. The lowest BCUT2D eigenvalue weighted by atomic mass is 10.0. The Bertz CT molecular complexity index is 581. The van der Waals surface area contributed by atoms with Crippen molar-refractivity contribution in [3.05, 3.63) is 27.7 Å². The van der Waals surface area contributed by atoms with E-state index in [0.717, 1.165) is 4.47 Å². The zero-order valence-electron chi connectivity index (χ0n) is 12.9. The van der Waals surface area contributed by atoms with Crippen LogP contribution in [0.5, 0.6) is 5.75 Å². The molecule has 5 nitrogen and oxygen atoms in total. The Morgan fingerprint density at radius 1 is 1.35 bits per heavy atom. The molecule has 1 spiro atoms. The molecule has 2 heterocycles. The van der Waals surface area contributed by atoms with Gasteiger partial charge in [-0.05, 0) is 25.1 Å². The maximum Gasteiger partial charge on any atom is 0.263 e. The molecule has 1 atom stereocenters. The molecule has 1 aromatic carbocycles. The summed E-state index contributed by atoms with van der Waals surface area (Å²) in [7, 11) is 0. The van der Waals surface area contributed by atoms with Crippen molar-refractivity contribution < 1.29 is 19.0 Å². The summed E-state index contributed by atoms with van der Waals surface area (Å²) < 4.78 is 18.0. The average molecular weight is 405 g/mol. The van der Waals surface area contributed by atoms with E-state index in [1.54, 1.807) is 24.0 Å². The molecule has 23 heavy (non-hydrogen) atoms. The van der Waals surface area contributed by atoms with Gasteiger partial charge < -0.3 is 19.1 Å². The minimum atomic E-state index is -0.590. The number of carbonyl (C=O) groups is 1. The lowest BCUT2D eigenvalue weighted by Crippen LogP contribution is -2.50. The van der Waals surface area contributed by atoms with Crippen molar-refractivity contribution in [1.82, 2.24) is 4.90 Å². The molecular formula is C16H19BrClNO4. The van der Waals surface area contributed by atoms with E-state index < -0.39 is 11.9 Å². The van der Waals surface area contributed by atoms with E-state index in [-0.39, 0.29) is 5.91 Å². The molecule has 1 amide bonds. The van der Waals surface area contributed by atoms with Crippen LogP contribution in [0.25, 0.3) is 0 Å². The Labute approximate surface area is 149 Å². The first-order valence-electron chi connectivity index (χ1n) is 7.67. The van der Waals surface area contributed by atoms with Crippen LogP contribution in [-0.2, 0) is 14.3 Å². The number of rotatable bonds is 3. The molecule has 3 rings (SSSR count). The number of carbonyl (C=O) groups excluding carboxylic acids is 1. The maximum absolute atomic E-state index is 12.6. The third kappa shape index (κ3) is 3.82. The van der Waals surface area contributed by atoms with E-state index >= 15 is 0 Å². The van der Waals surface area contributed by atoms with Gasteiger partial charge in [0.05, 0.1) is 18.2 Å². The average Bonchev–Trinajstić information content (AvgIpc) is 2.98. The third-order valence-corrected chi connectivity index (χ3v) is 4.98. The van der Waals surface area contributed by atoms with Crippen molar-refractivity contribution in [2.24, 2.45) is 0 Å². The molecule has 0 bridgehead atoms. The zero-order valence-corrected chi connectivity index (χ0v) is 15.2. The molecule has 0 radical (unpaired) electrons. The van der Waals surface area contributed by atoms with Crippen LogP contribution in [0.3, 0.4) is 0 Å². The fourth-order valence-electron chi connectivity index (χ4n) is 2.92. The van der Waals surface area contributed by atoms with Crippen LogP contribution >= 0.6 is 27.5 Å². The summed E-state index contributed by atoms with van der Waals surface area (Å²) in [5.41, 5.74) is 0. The number of amides is 1. The molecule has 0 saturated carbocycles. The molecular weight excluding hydrogens is 386 g/mol. The van der Waals surface area contributed by atoms with Gasteiger partial charge in [-0.25, -0.2) is 0 Å². The van der Waals surface area contributed by atoms with Gasteiger partial charge in [-0.3, -0.25) is 4.79 Å². The summed E-state index contributed by atoms with van der Waals surface area (Å²) >= 11 is 9.48. The summed E-state index contributed by atoms with van der Waals surface area (Å²) in [6.07, 6.45) is 0.808. The van der Waals surface area contributed by atoms with Gasteiger partial charge in [0.2, 0.25) is 0 Å². The summed E-state index contributed by atoms with van der Waals surface area (Å²) in [5, 5.41) is 0.476. The molecule has 1 aromatic rings. The predicted octanol–water partition coefficient (Wildman–Crippen LogP) is 3.24. The molecule has 1 unspecified atom stereocenters. The molecule has 126 valence electrons. The predicted molar refractivity (Wildman–Crippen MR) is 89.7 cm³/mol. The van der Waals surface area contributed by atoms with Gasteiger partial charge in [0.1, 0.15) is 5.75 Å². The zero-order chi connectivity index (χ0) is 16.4. The van der Waals surface area contributed by atoms with Crippen LogP contribution in [0.2, 0.25) is 5.02 Å². The molecule has 2 aliphatic heterocycles. The van der Waals surface area contributed by atoms with Crippen molar-refractivity contribution >= 4 is 33.4 Å². The minimum absolute atomic E-state index is 0.0446. The summed E-state index contributed by atoms with van der Waals surface area (Å²) in [6.45, 7) is 4.24. The van der Waals surface area contributed by atoms with Gasteiger partial charge in [0.15, 0.2) is 11.9 Å². The lowest BCUT2D eigenvalue weighted by Gasteiger charge is -2.38. The number of halogens is 2. The monoisotopic (exact) mass is 403 g/mol. The van der Waals surface area contributed by atoms with Crippen LogP contribution in [0.4, 0.5) is 0 Å². The molecule has 2 aliphatic rings. The van der Waals surface area contributed by atoms with Crippen LogP contribution < -0.4 is 4.74 Å². The second-order valence-corrected chi connectivity index (χ2v) is 7.09. The Morgan fingerprint density at radius 2 is 2.00 bits per heavy atom. The Kier molecular flexibility index (Phi) is 5.16. The highest BCUT2D eigenvalue weighted by Crippen LogP contribution is 2.32. The first-order chi connectivity index (χ1) is 11.0. The van der Waals surface area contributed by atoms with Gasteiger partial charge >= 0.3 is 0 Å². The fourth-order valence-corrected chi connectivity index (χ4v) is 3.64. The van der Waals surface area contributed by atoms with Crippen molar-refractivity contribution in [3.8, 4) is 5.75 Å². The van der Waals surface area contributed by atoms with Gasteiger partial charge in [-0.1, -0.05) is 27.5 Å². The lowest BCUT2D eigenvalue weighted by molar-refractivity contribution is -0.188. The number of piperidine rings is 1. The Morgan fingerprint density at radius 3 is 2.61 bits per heavy atom. The van der Waals surface area contributed by atoms with E-state index in [4.69, 9.17) is 25.8 Å². The topological polar surface area (TPSA) is 48.0 Å². The number of benzene rings is 1. The van der Waals surface area contributed by atoms with Crippen molar-refractivity contribution in [1.29, 1.82) is 0 Å². The highest BCUT2D eigenvalue weighted by molar-refractivity contribution is 9.10. The molecule has 2 saturated heterocycles. The second kappa shape index (κ2) is 6.97. The molecule has 0 aliphatic carbocycles. The summed E-state index contributed by atoms with van der Waals surface area (Å²) in [5.74, 6) is -0.0147. The Balaban J connectivity index is 1.57. The first kappa shape index (κ1) is 17.0. The van der Waals surface area contributed by atoms with E-state index in [2.05, 4.69) is 15.9 Å². The van der Waals surface area contributed by atoms with Crippen LogP contribution in [0.1, 0.15) is 19.8 Å². The number of ether oxygens (including phenoxy) is 3. The number of hydrogen-bond donors (Lipinski definition) is 0. The highest BCUT2D eigenvalue weighted by Gasteiger charge is 2.41. The van der Waals surface area contributed by atoms with Crippen molar-refractivity contribution in [2.45, 2.75) is 31.7 Å². The van der Waals surface area contributed by atoms with Crippen LogP contribution in [0.15, 0.2) is 22.7 Å². The van der Waals surface area contributed by atoms with Gasteiger partial charge in [0.25, 0.3) is 5.91 Å². The van der Waals surface area contributed by atoms with E-state index in [1.165, 1.54) is 0 Å². The van der Waals surface area contributed by atoms with E-state index in [0.29, 0.717) is 49.9 Å². The van der Waals surface area contributed by atoms with Gasteiger partial charge in [0, 0.05) is 30.4 Å². The highest BCUT2D eigenvalue weighted by atomic mass is 79.9. The molecule has 2 fully saturated rings. The minimum Gasteiger partial charge on any atom is -0.479 e. The SMILES string of the molecule is CC(Oc1ccc(Br)cc1Cl)C(=O)N1CCC2(CC1)OCCO2. The summed E-state index contributed by atoms with van der Waals surface area (Å²) in [4.78, 5) is 14.4. The number of hydrogen-bond acceptors (Lipinski definition) is 4. The molecule has 7 heteroatoms. The second-order valence-electron chi connectivity index (χ2n) is 5.77. The molecule has 0 aromatic heterocycles. The quantitative estimate of drug-likeness (QED) is 0.776. The Hall–Kier alpha value is -0.820. The number of nitrogens with zero attached hydrogens (tertiary/aromatic N) is 1. The van der Waals surface area contributed by atoms with Crippen LogP contribution in [-0.4, -0.2) is 49.0 Å². The third-order valence-electron chi connectivity index (χ3n) is 4.20. The first-order valence-corrected chi connectivity index (χ1v) is 8.85. The van der Waals surface area contributed by atoms with Crippen molar-refractivity contribution in [2.75, 3.05) is 26.3 Å². The summed E-state index contributed by atoms with van der Waals surface area (Å²) in [6, 6.07) is 5.33. The number of likely N-dealkylation sites (tertiary alicyclic amines) is 1. The largest absolute Gasteiger partial charge is 0.479 e. The van der Waals surface area contributed by atoms with E-state index in [1.807, 2.05) is 6.07 Å². The van der Waals surface area contributed by atoms with Gasteiger partial charge in [-0.15, -0.1) is 0 Å². The van der Waals surface area contributed by atoms with E-state index in [9.17, 15) is 4.79 Å². The normalized spacial score (nSPS) is 21.4. The van der Waals surface area contributed by atoms with Crippen LogP contribution in [0, 0.1) is 0 Å². The smallest absolute Gasteiger partial charge is 0.263 e. The molecule has 0 N–H and O–H groups in total. The maximum atomic E-state index is 12.6. The van der Waals surface area contributed by atoms with Gasteiger partial charge in [-0.2, -0.15) is 0 Å². The van der Waals surface area contributed by atoms with Crippen molar-refractivity contribution in [3.63, 3.8) is 0 Å².